The number of anilines is 1. The fourth-order valence-corrected chi connectivity index (χ4v) is 4.43. The van der Waals surface area contributed by atoms with Crippen LogP contribution in [0.2, 0.25) is 4.34 Å². The second-order valence-corrected chi connectivity index (χ2v) is 9.93. The summed E-state index contributed by atoms with van der Waals surface area (Å²) in [4.78, 5) is 7.92. The lowest BCUT2D eigenvalue weighted by Gasteiger charge is -2.22. The molecule has 0 spiro atoms. The van der Waals surface area contributed by atoms with Crippen LogP contribution in [0.4, 0.5) is 5.82 Å². The van der Waals surface area contributed by atoms with Gasteiger partial charge in [0.05, 0.1) is 19.0 Å². The van der Waals surface area contributed by atoms with E-state index in [1.165, 1.54) is 11.3 Å². The van der Waals surface area contributed by atoms with Gasteiger partial charge in [-0.3, -0.25) is 4.40 Å². The van der Waals surface area contributed by atoms with E-state index in [-0.39, 0.29) is 17.9 Å². The molecule has 1 N–H and O–H groups in total. The summed E-state index contributed by atoms with van der Waals surface area (Å²) in [6.45, 7) is 6.45. The molecular formula is C21H19Cl2N3S2. The van der Waals surface area contributed by atoms with Gasteiger partial charge >= 0.3 is 0 Å². The van der Waals surface area contributed by atoms with Crippen molar-refractivity contribution in [3.63, 3.8) is 0 Å². The fourth-order valence-electron chi connectivity index (χ4n) is 2.68. The highest BCUT2D eigenvalue weighted by atomic mass is 35.5. The molecule has 144 valence electrons. The lowest BCUT2D eigenvalue weighted by atomic mass is 10.1. The van der Waals surface area contributed by atoms with Crippen LogP contribution in [0.15, 0.2) is 48.7 Å². The molecule has 0 saturated heterocycles. The average molecular weight is 448 g/mol. The molecule has 7 heteroatoms. The van der Waals surface area contributed by atoms with E-state index < -0.39 is 0 Å². The molecule has 4 rings (SSSR count). The number of hydrogen-bond donors (Lipinski definition) is 1. The maximum atomic E-state index is 5.97. The van der Waals surface area contributed by atoms with E-state index in [4.69, 9.17) is 16.6 Å². The van der Waals surface area contributed by atoms with Gasteiger partial charge in [0.1, 0.15) is 17.2 Å². The van der Waals surface area contributed by atoms with Gasteiger partial charge in [-0.05, 0) is 69.0 Å². The number of halogens is 2. The molecule has 0 aliphatic heterocycles. The summed E-state index contributed by atoms with van der Waals surface area (Å²) >= 11 is 9.11. The molecule has 0 bridgehead atoms. The van der Waals surface area contributed by atoms with Crippen molar-refractivity contribution in [1.29, 1.82) is 0 Å². The minimum absolute atomic E-state index is 0. The molecule has 0 amide bonds. The van der Waals surface area contributed by atoms with Crippen molar-refractivity contribution >= 4 is 58.1 Å². The molecule has 0 fully saturated rings. The van der Waals surface area contributed by atoms with E-state index in [2.05, 4.69) is 48.4 Å². The van der Waals surface area contributed by atoms with Gasteiger partial charge < -0.3 is 5.32 Å². The van der Waals surface area contributed by atoms with Crippen LogP contribution in [0.1, 0.15) is 30.5 Å². The van der Waals surface area contributed by atoms with Crippen LogP contribution in [0.3, 0.4) is 0 Å². The number of nitrogens with one attached hydrogen (secondary N) is 1. The Kier molecular flexibility index (Phi) is 6.07. The van der Waals surface area contributed by atoms with Crippen LogP contribution in [-0.2, 0) is 0 Å². The number of imidazole rings is 1. The number of fused-ring (bicyclic) bond motifs is 1. The molecule has 0 radical (unpaired) electrons. The summed E-state index contributed by atoms with van der Waals surface area (Å²) in [6.07, 6.45) is 2.04. The Balaban J connectivity index is 0.00000225. The molecule has 4 heterocycles. The zero-order valence-electron chi connectivity index (χ0n) is 15.6. The highest BCUT2D eigenvalue weighted by Crippen LogP contribution is 2.35. The molecular weight excluding hydrogens is 429 g/mol. The van der Waals surface area contributed by atoms with E-state index in [0.29, 0.717) is 0 Å². The minimum atomic E-state index is -0.0705. The lowest BCUT2D eigenvalue weighted by molar-refractivity contribution is 0.630. The highest BCUT2D eigenvalue weighted by Gasteiger charge is 2.20. The molecule has 28 heavy (non-hydrogen) atoms. The Labute approximate surface area is 183 Å². The van der Waals surface area contributed by atoms with Crippen LogP contribution in [0, 0.1) is 11.8 Å². The number of pyridine rings is 1. The number of thiophene rings is 2. The summed E-state index contributed by atoms with van der Waals surface area (Å²) in [5.41, 5.74) is 1.81. The first kappa shape index (κ1) is 20.8. The van der Waals surface area contributed by atoms with Gasteiger partial charge in [-0.15, -0.1) is 35.1 Å². The molecule has 4 aromatic rings. The number of nitrogens with zero attached hydrogens (tertiary/aromatic N) is 2. The SMILES string of the molecule is CC(C)(C)Nc1c(-c2ccc(C#Cc3ccc(Cl)s3)s2)nc2ccccn12.Cl. The van der Waals surface area contributed by atoms with Gasteiger partial charge in [0.2, 0.25) is 0 Å². The van der Waals surface area contributed by atoms with E-state index in [1.54, 1.807) is 11.3 Å². The predicted octanol–water partition coefficient (Wildman–Crippen LogP) is 6.81. The first-order valence-electron chi connectivity index (χ1n) is 8.52. The van der Waals surface area contributed by atoms with Gasteiger partial charge in [0.25, 0.3) is 0 Å². The molecule has 4 aromatic heterocycles. The van der Waals surface area contributed by atoms with Crippen LogP contribution < -0.4 is 5.32 Å². The van der Waals surface area contributed by atoms with Crippen molar-refractivity contribution in [2.75, 3.05) is 5.32 Å². The summed E-state index contributed by atoms with van der Waals surface area (Å²) in [6, 6.07) is 14.0. The number of rotatable bonds is 2. The van der Waals surface area contributed by atoms with Crippen molar-refractivity contribution in [3.8, 4) is 22.4 Å². The van der Waals surface area contributed by atoms with Crippen LogP contribution in [-0.4, -0.2) is 14.9 Å². The number of hydrogen-bond acceptors (Lipinski definition) is 4. The summed E-state index contributed by atoms with van der Waals surface area (Å²) in [5, 5.41) is 3.60. The Bertz CT molecular complexity index is 1170. The minimum Gasteiger partial charge on any atom is -0.365 e. The predicted molar refractivity (Wildman–Crippen MR) is 124 cm³/mol. The second kappa shape index (κ2) is 8.18. The van der Waals surface area contributed by atoms with Crippen LogP contribution >= 0.6 is 46.7 Å². The smallest absolute Gasteiger partial charge is 0.140 e. The van der Waals surface area contributed by atoms with E-state index in [0.717, 1.165) is 36.1 Å². The molecule has 0 atom stereocenters. The highest BCUT2D eigenvalue weighted by molar-refractivity contribution is 7.17. The average Bonchev–Trinajstić information content (AvgIpc) is 3.31. The van der Waals surface area contributed by atoms with Gasteiger partial charge in [-0.25, -0.2) is 4.98 Å². The largest absolute Gasteiger partial charge is 0.365 e. The van der Waals surface area contributed by atoms with Crippen LogP contribution in [0.5, 0.6) is 0 Å². The Morgan fingerprint density at radius 2 is 1.71 bits per heavy atom. The molecule has 0 aromatic carbocycles. The van der Waals surface area contributed by atoms with Crippen molar-refractivity contribution < 1.29 is 0 Å². The maximum Gasteiger partial charge on any atom is 0.140 e. The normalized spacial score (nSPS) is 11.0. The Morgan fingerprint density at radius 1 is 1.00 bits per heavy atom. The zero-order valence-corrected chi connectivity index (χ0v) is 18.8. The summed E-state index contributed by atoms with van der Waals surface area (Å²) < 4.78 is 2.85. The third-order valence-corrected chi connectivity index (χ3v) is 5.90. The monoisotopic (exact) mass is 447 g/mol. The molecule has 0 saturated carbocycles. The topological polar surface area (TPSA) is 29.3 Å². The molecule has 0 aliphatic rings. The third-order valence-electron chi connectivity index (χ3n) is 3.74. The van der Waals surface area contributed by atoms with Crippen molar-refractivity contribution in [3.05, 3.63) is 62.8 Å². The van der Waals surface area contributed by atoms with Crippen molar-refractivity contribution in [2.24, 2.45) is 0 Å². The van der Waals surface area contributed by atoms with Crippen LogP contribution in [0.25, 0.3) is 16.2 Å². The second-order valence-electron chi connectivity index (χ2n) is 7.13. The molecule has 0 aliphatic carbocycles. The van der Waals surface area contributed by atoms with E-state index >= 15 is 0 Å². The van der Waals surface area contributed by atoms with Crippen molar-refractivity contribution in [1.82, 2.24) is 9.38 Å². The molecule has 0 unspecified atom stereocenters. The van der Waals surface area contributed by atoms with Gasteiger partial charge in [0, 0.05) is 11.7 Å². The molecule has 3 nitrogen and oxygen atoms in total. The summed E-state index contributed by atoms with van der Waals surface area (Å²) in [5.74, 6) is 7.41. The lowest BCUT2D eigenvalue weighted by Crippen LogP contribution is -2.27. The van der Waals surface area contributed by atoms with Gasteiger partial charge in [0.15, 0.2) is 0 Å². The first-order chi connectivity index (χ1) is 12.9. The quantitative estimate of drug-likeness (QED) is 0.342. The van der Waals surface area contributed by atoms with Gasteiger partial charge in [-0.1, -0.05) is 17.7 Å². The number of aromatic nitrogens is 2. The first-order valence-corrected chi connectivity index (χ1v) is 10.5. The third kappa shape index (κ3) is 4.53. The zero-order chi connectivity index (χ0) is 19.0. The fraction of sp³-hybridized carbons (Fsp3) is 0.190. The summed E-state index contributed by atoms with van der Waals surface area (Å²) in [7, 11) is 0. The van der Waals surface area contributed by atoms with E-state index in [9.17, 15) is 0 Å². The Morgan fingerprint density at radius 3 is 2.39 bits per heavy atom. The Hall–Kier alpha value is -1.97. The maximum absolute atomic E-state index is 5.97. The van der Waals surface area contributed by atoms with Gasteiger partial charge in [-0.2, -0.15) is 0 Å². The standard InChI is InChI=1S/C21H18ClN3S2.ClH/c1-21(2,3)24-20-19(23-18-6-4-5-13-25(18)20)16-11-9-14(26-16)7-8-15-10-12-17(22)27-15;/h4-6,9-13,24H,1-3H3;1H. The van der Waals surface area contributed by atoms with Crippen molar-refractivity contribution in [2.45, 2.75) is 26.3 Å². The van der Waals surface area contributed by atoms with E-state index in [1.807, 2.05) is 42.6 Å².